The molecule has 1 aromatic heterocycles. The lowest BCUT2D eigenvalue weighted by atomic mass is 9.80. The fourth-order valence-corrected chi connectivity index (χ4v) is 2.25. The minimum absolute atomic E-state index is 0.185. The summed E-state index contributed by atoms with van der Waals surface area (Å²) in [6.45, 7) is 0. The zero-order valence-corrected chi connectivity index (χ0v) is 8.97. The molecule has 0 aliphatic heterocycles. The van der Waals surface area contributed by atoms with Crippen LogP contribution >= 0.6 is 0 Å². The van der Waals surface area contributed by atoms with Crippen molar-refractivity contribution in [1.29, 1.82) is 0 Å². The Balaban J connectivity index is 2.01. The molecule has 3 N–H and O–H groups in total. The molecule has 1 saturated carbocycles. The summed E-state index contributed by atoms with van der Waals surface area (Å²) in [5, 5.41) is 8.89. The predicted molar refractivity (Wildman–Crippen MR) is 58.8 cm³/mol. The number of aliphatic carboxylic acids is 1. The van der Waals surface area contributed by atoms with E-state index < -0.39 is 5.97 Å². The summed E-state index contributed by atoms with van der Waals surface area (Å²) >= 11 is 0. The van der Waals surface area contributed by atoms with E-state index in [1.54, 1.807) is 6.20 Å². The van der Waals surface area contributed by atoms with Crippen molar-refractivity contribution in [3.63, 3.8) is 0 Å². The number of nitrogen functional groups attached to an aromatic ring is 1. The van der Waals surface area contributed by atoms with Gasteiger partial charge in [-0.05, 0) is 31.7 Å². The van der Waals surface area contributed by atoms with Gasteiger partial charge in [0.1, 0.15) is 0 Å². The molecule has 2 rings (SSSR count). The summed E-state index contributed by atoms with van der Waals surface area (Å²) in [6, 6.07) is 1.86. The number of hydrogen-bond donors (Lipinski definition) is 2. The van der Waals surface area contributed by atoms with Gasteiger partial charge in [-0.25, -0.2) is 9.97 Å². The minimum Gasteiger partial charge on any atom is -0.481 e. The average molecular weight is 221 g/mol. The maximum Gasteiger partial charge on any atom is 0.306 e. The molecule has 1 aliphatic rings. The molecule has 1 heterocycles. The van der Waals surface area contributed by atoms with Crippen LogP contribution in [0.25, 0.3) is 0 Å². The van der Waals surface area contributed by atoms with E-state index in [1.165, 1.54) is 0 Å². The van der Waals surface area contributed by atoms with Crippen LogP contribution in [0.2, 0.25) is 0 Å². The zero-order valence-electron chi connectivity index (χ0n) is 8.97. The molecule has 0 unspecified atom stereocenters. The van der Waals surface area contributed by atoms with Gasteiger partial charge in [0.2, 0.25) is 5.95 Å². The summed E-state index contributed by atoms with van der Waals surface area (Å²) in [5.41, 5.74) is 6.47. The third kappa shape index (κ3) is 2.29. The van der Waals surface area contributed by atoms with Crippen LogP contribution < -0.4 is 5.73 Å². The molecule has 16 heavy (non-hydrogen) atoms. The Morgan fingerprint density at radius 1 is 1.38 bits per heavy atom. The molecule has 1 aliphatic carbocycles. The molecular formula is C11H15N3O2. The van der Waals surface area contributed by atoms with Crippen LogP contribution in [-0.4, -0.2) is 21.0 Å². The lowest BCUT2D eigenvalue weighted by molar-refractivity contribution is -0.142. The van der Waals surface area contributed by atoms with E-state index in [9.17, 15) is 4.79 Å². The first-order chi connectivity index (χ1) is 7.66. The third-order valence-corrected chi connectivity index (χ3v) is 3.19. The Labute approximate surface area is 93.7 Å². The minimum atomic E-state index is -0.680. The summed E-state index contributed by atoms with van der Waals surface area (Å²) < 4.78 is 0. The maximum absolute atomic E-state index is 10.8. The highest BCUT2D eigenvalue weighted by Crippen LogP contribution is 2.34. The van der Waals surface area contributed by atoms with Crippen LogP contribution in [0.1, 0.15) is 37.3 Å². The summed E-state index contributed by atoms with van der Waals surface area (Å²) in [4.78, 5) is 18.8. The second-order valence-electron chi connectivity index (χ2n) is 4.23. The van der Waals surface area contributed by atoms with Crippen molar-refractivity contribution in [3.8, 4) is 0 Å². The summed E-state index contributed by atoms with van der Waals surface area (Å²) in [5.74, 6) is -0.241. The van der Waals surface area contributed by atoms with Gasteiger partial charge in [-0.2, -0.15) is 0 Å². The van der Waals surface area contributed by atoms with Crippen LogP contribution in [-0.2, 0) is 4.79 Å². The monoisotopic (exact) mass is 221 g/mol. The molecule has 1 fully saturated rings. The zero-order chi connectivity index (χ0) is 11.5. The van der Waals surface area contributed by atoms with Crippen LogP contribution in [0, 0.1) is 5.92 Å². The highest BCUT2D eigenvalue weighted by molar-refractivity contribution is 5.70. The van der Waals surface area contributed by atoms with Crippen LogP contribution in [0.3, 0.4) is 0 Å². The Morgan fingerprint density at radius 3 is 2.62 bits per heavy atom. The molecule has 5 nitrogen and oxygen atoms in total. The Hall–Kier alpha value is -1.65. The van der Waals surface area contributed by atoms with E-state index in [1.807, 2.05) is 6.07 Å². The molecular weight excluding hydrogens is 206 g/mol. The number of carbonyl (C=O) groups is 1. The molecule has 0 saturated heterocycles. The Bertz CT molecular complexity index is 387. The van der Waals surface area contributed by atoms with Crippen molar-refractivity contribution >= 4 is 11.9 Å². The number of hydrogen-bond acceptors (Lipinski definition) is 4. The predicted octanol–water partition coefficient (Wildman–Crippen LogP) is 1.42. The lowest BCUT2D eigenvalue weighted by Crippen LogP contribution is -2.21. The first kappa shape index (κ1) is 10.9. The third-order valence-electron chi connectivity index (χ3n) is 3.19. The Morgan fingerprint density at radius 2 is 2.06 bits per heavy atom. The molecule has 5 heteroatoms. The van der Waals surface area contributed by atoms with Crippen molar-refractivity contribution in [2.45, 2.75) is 31.6 Å². The van der Waals surface area contributed by atoms with Crippen molar-refractivity contribution in [2.24, 2.45) is 5.92 Å². The topological polar surface area (TPSA) is 89.1 Å². The number of carboxylic acid groups (broad SMARTS) is 1. The molecule has 0 bridgehead atoms. The van der Waals surface area contributed by atoms with E-state index in [2.05, 4.69) is 9.97 Å². The van der Waals surface area contributed by atoms with E-state index in [4.69, 9.17) is 10.8 Å². The number of carboxylic acids is 1. The first-order valence-corrected chi connectivity index (χ1v) is 5.48. The second kappa shape index (κ2) is 4.47. The quantitative estimate of drug-likeness (QED) is 0.788. The fraction of sp³-hybridized carbons (Fsp3) is 0.545. The van der Waals surface area contributed by atoms with Gasteiger partial charge in [-0.15, -0.1) is 0 Å². The van der Waals surface area contributed by atoms with Crippen molar-refractivity contribution in [3.05, 3.63) is 18.0 Å². The van der Waals surface area contributed by atoms with E-state index in [0.29, 0.717) is 5.92 Å². The van der Waals surface area contributed by atoms with Gasteiger partial charge in [-0.1, -0.05) is 0 Å². The maximum atomic E-state index is 10.8. The standard InChI is InChI=1S/C11H15N3O2/c12-11-13-6-5-9(14-11)7-1-3-8(4-2-7)10(15)16/h5-8H,1-4H2,(H,15,16)(H2,12,13,14). The van der Waals surface area contributed by atoms with Gasteiger partial charge < -0.3 is 10.8 Å². The van der Waals surface area contributed by atoms with Crippen LogP contribution in [0.15, 0.2) is 12.3 Å². The van der Waals surface area contributed by atoms with E-state index in [-0.39, 0.29) is 11.9 Å². The molecule has 0 amide bonds. The molecule has 86 valence electrons. The van der Waals surface area contributed by atoms with Gasteiger partial charge >= 0.3 is 5.97 Å². The molecule has 0 radical (unpaired) electrons. The second-order valence-corrected chi connectivity index (χ2v) is 4.23. The van der Waals surface area contributed by atoms with E-state index >= 15 is 0 Å². The molecule has 0 atom stereocenters. The number of nitrogens with zero attached hydrogens (tertiary/aromatic N) is 2. The normalized spacial score (nSPS) is 25.2. The van der Waals surface area contributed by atoms with Gasteiger partial charge in [0.15, 0.2) is 0 Å². The van der Waals surface area contributed by atoms with Gasteiger partial charge in [0.05, 0.1) is 5.92 Å². The number of anilines is 1. The summed E-state index contributed by atoms with van der Waals surface area (Å²) in [6.07, 6.45) is 4.84. The van der Waals surface area contributed by atoms with Crippen molar-refractivity contribution < 1.29 is 9.90 Å². The van der Waals surface area contributed by atoms with Gasteiger partial charge in [0, 0.05) is 17.8 Å². The highest BCUT2D eigenvalue weighted by atomic mass is 16.4. The smallest absolute Gasteiger partial charge is 0.306 e. The SMILES string of the molecule is Nc1nccc(C2CCC(C(=O)O)CC2)n1. The molecule has 0 aromatic carbocycles. The van der Waals surface area contributed by atoms with Gasteiger partial charge in [-0.3, -0.25) is 4.79 Å². The summed E-state index contributed by atoms with van der Waals surface area (Å²) in [7, 11) is 0. The lowest BCUT2D eigenvalue weighted by Gasteiger charge is -2.25. The van der Waals surface area contributed by atoms with E-state index in [0.717, 1.165) is 31.4 Å². The average Bonchev–Trinajstić information content (AvgIpc) is 2.29. The van der Waals surface area contributed by atoms with Crippen LogP contribution in [0.4, 0.5) is 5.95 Å². The molecule has 1 aromatic rings. The Kier molecular flexibility index (Phi) is 3.03. The number of rotatable bonds is 2. The van der Waals surface area contributed by atoms with Crippen LogP contribution in [0.5, 0.6) is 0 Å². The van der Waals surface area contributed by atoms with Crippen molar-refractivity contribution in [2.75, 3.05) is 5.73 Å². The number of aromatic nitrogens is 2. The number of nitrogens with two attached hydrogens (primary N) is 1. The van der Waals surface area contributed by atoms with Crippen molar-refractivity contribution in [1.82, 2.24) is 9.97 Å². The highest BCUT2D eigenvalue weighted by Gasteiger charge is 2.27. The first-order valence-electron chi connectivity index (χ1n) is 5.48. The van der Waals surface area contributed by atoms with Gasteiger partial charge in [0.25, 0.3) is 0 Å². The fourth-order valence-electron chi connectivity index (χ4n) is 2.25. The largest absolute Gasteiger partial charge is 0.481 e. The molecule has 0 spiro atoms.